The van der Waals surface area contributed by atoms with Gasteiger partial charge < -0.3 is 14.8 Å². The third-order valence-electron chi connectivity index (χ3n) is 2.67. The van der Waals surface area contributed by atoms with Crippen LogP contribution in [0.25, 0.3) is 0 Å². The van der Waals surface area contributed by atoms with Gasteiger partial charge in [-0.2, -0.15) is 0 Å². The Morgan fingerprint density at radius 2 is 1.94 bits per heavy atom. The van der Waals surface area contributed by atoms with Crippen LogP contribution in [0.5, 0.6) is 11.5 Å². The normalized spacial score (nSPS) is 12.2. The molecular weight excluding hydrogens is 202 g/mol. The molecule has 0 saturated heterocycles. The van der Waals surface area contributed by atoms with Gasteiger partial charge >= 0.3 is 0 Å². The molecule has 1 rings (SSSR count). The van der Waals surface area contributed by atoms with Crippen LogP contribution in [0.4, 0.5) is 0 Å². The van der Waals surface area contributed by atoms with Gasteiger partial charge in [0.05, 0.1) is 14.2 Å². The van der Waals surface area contributed by atoms with E-state index in [2.05, 4.69) is 25.2 Å². The number of nitrogens with one attached hydrogen (secondary N) is 1. The van der Waals surface area contributed by atoms with Crippen LogP contribution in [0.2, 0.25) is 0 Å². The fourth-order valence-electron chi connectivity index (χ4n) is 1.83. The maximum atomic E-state index is 5.40. The highest BCUT2D eigenvalue weighted by atomic mass is 16.5. The molecule has 0 amide bonds. The predicted molar refractivity (Wildman–Crippen MR) is 66.3 cm³/mol. The minimum Gasteiger partial charge on any atom is -0.497 e. The molecule has 0 radical (unpaired) electrons. The molecule has 0 aromatic heterocycles. The van der Waals surface area contributed by atoms with Crippen LogP contribution in [0.15, 0.2) is 18.2 Å². The van der Waals surface area contributed by atoms with E-state index in [4.69, 9.17) is 9.47 Å². The minimum absolute atomic E-state index is 0.339. The molecule has 1 aromatic carbocycles. The molecule has 0 aliphatic heterocycles. The maximum absolute atomic E-state index is 5.40. The molecular formula is C13H21NO2. The van der Waals surface area contributed by atoms with E-state index in [0.717, 1.165) is 24.5 Å². The predicted octanol–water partition coefficient (Wildman–Crippen LogP) is 2.76. The quantitative estimate of drug-likeness (QED) is 0.804. The summed E-state index contributed by atoms with van der Waals surface area (Å²) in [5, 5.41) is 3.44. The highest BCUT2D eigenvalue weighted by Crippen LogP contribution is 2.30. The number of hydrogen-bond donors (Lipinski definition) is 1. The molecule has 90 valence electrons. The van der Waals surface area contributed by atoms with Crippen molar-refractivity contribution < 1.29 is 9.47 Å². The van der Waals surface area contributed by atoms with Gasteiger partial charge in [0.1, 0.15) is 11.5 Å². The monoisotopic (exact) mass is 223 g/mol. The smallest absolute Gasteiger partial charge is 0.127 e. The summed E-state index contributed by atoms with van der Waals surface area (Å²) in [6.45, 7) is 5.23. The third-order valence-corrected chi connectivity index (χ3v) is 2.67. The molecule has 0 aliphatic carbocycles. The van der Waals surface area contributed by atoms with Gasteiger partial charge in [-0.1, -0.05) is 19.9 Å². The van der Waals surface area contributed by atoms with E-state index >= 15 is 0 Å². The summed E-state index contributed by atoms with van der Waals surface area (Å²) in [7, 11) is 3.35. The first kappa shape index (κ1) is 12.8. The lowest BCUT2D eigenvalue weighted by molar-refractivity contribution is 0.383. The van der Waals surface area contributed by atoms with Gasteiger partial charge in [0, 0.05) is 17.7 Å². The van der Waals surface area contributed by atoms with E-state index in [1.165, 1.54) is 5.56 Å². The number of methoxy groups -OCH3 is 2. The molecule has 16 heavy (non-hydrogen) atoms. The summed E-state index contributed by atoms with van der Waals surface area (Å²) in [6.07, 6.45) is 1.04. The zero-order chi connectivity index (χ0) is 12.0. The molecule has 0 aliphatic rings. The summed E-state index contributed by atoms with van der Waals surface area (Å²) in [6, 6.07) is 6.30. The van der Waals surface area contributed by atoms with E-state index < -0.39 is 0 Å². The average Bonchev–Trinajstić information content (AvgIpc) is 2.35. The fourth-order valence-corrected chi connectivity index (χ4v) is 1.83. The molecule has 0 bridgehead atoms. The Balaban J connectivity index is 3.01. The van der Waals surface area contributed by atoms with Crippen LogP contribution < -0.4 is 14.8 Å². The highest BCUT2D eigenvalue weighted by molar-refractivity contribution is 5.42. The Kier molecular flexibility index (Phi) is 5.12. The van der Waals surface area contributed by atoms with Gasteiger partial charge in [0.25, 0.3) is 0 Å². The van der Waals surface area contributed by atoms with Crippen molar-refractivity contribution in [2.24, 2.45) is 0 Å². The first-order valence-corrected chi connectivity index (χ1v) is 5.72. The topological polar surface area (TPSA) is 30.5 Å². The largest absolute Gasteiger partial charge is 0.497 e. The van der Waals surface area contributed by atoms with E-state index in [1.54, 1.807) is 14.2 Å². The lowest BCUT2D eigenvalue weighted by Gasteiger charge is -2.19. The minimum atomic E-state index is 0.339. The SMILES string of the molecule is CCN[C@H](CC)c1ccc(OC)cc1OC. The number of ether oxygens (including phenoxy) is 2. The molecule has 0 spiro atoms. The van der Waals surface area contributed by atoms with Gasteiger partial charge in [0.15, 0.2) is 0 Å². The second-order valence-electron chi connectivity index (χ2n) is 3.63. The van der Waals surface area contributed by atoms with Gasteiger partial charge in [-0.15, -0.1) is 0 Å². The van der Waals surface area contributed by atoms with Gasteiger partial charge in [-0.25, -0.2) is 0 Å². The lowest BCUT2D eigenvalue weighted by atomic mass is 10.0. The Bertz CT molecular complexity index is 326. The molecule has 0 saturated carbocycles. The van der Waals surface area contributed by atoms with Crippen molar-refractivity contribution in [1.82, 2.24) is 5.32 Å². The molecule has 1 atom stereocenters. The van der Waals surface area contributed by atoms with Crippen molar-refractivity contribution in [2.45, 2.75) is 26.3 Å². The second-order valence-corrected chi connectivity index (χ2v) is 3.63. The van der Waals surface area contributed by atoms with Crippen molar-refractivity contribution in [2.75, 3.05) is 20.8 Å². The zero-order valence-corrected chi connectivity index (χ0v) is 10.5. The van der Waals surface area contributed by atoms with Gasteiger partial charge in [-0.3, -0.25) is 0 Å². The van der Waals surface area contributed by atoms with Crippen LogP contribution in [0.3, 0.4) is 0 Å². The molecule has 3 nitrogen and oxygen atoms in total. The summed E-state index contributed by atoms with van der Waals surface area (Å²) >= 11 is 0. The third kappa shape index (κ3) is 2.89. The standard InChI is InChI=1S/C13H21NO2/c1-5-12(14-6-2)11-8-7-10(15-3)9-13(11)16-4/h7-9,12,14H,5-6H2,1-4H3/t12-/m1/s1. The number of rotatable bonds is 6. The zero-order valence-electron chi connectivity index (χ0n) is 10.5. The maximum Gasteiger partial charge on any atom is 0.127 e. The molecule has 0 unspecified atom stereocenters. The summed E-state index contributed by atoms with van der Waals surface area (Å²) in [4.78, 5) is 0. The van der Waals surface area contributed by atoms with Crippen LogP contribution in [-0.2, 0) is 0 Å². The van der Waals surface area contributed by atoms with Crippen molar-refractivity contribution >= 4 is 0 Å². The molecule has 1 aromatic rings. The van der Waals surface area contributed by atoms with Crippen LogP contribution in [-0.4, -0.2) is 20.8 Å². The Hall–Kier alpha value is -1.22. The second kappa shape index (κ2) is 6.38. The highest BCUT2D eigenvalue weighted by Gasteiger charge is 2.13. The molecule has 3 heteroatoms. The van der Waals surface area contributed by atoms with Gasteiger partial charge in [-0.05, 0) is 19.0 Å². The van der Waals surface area contributed by atoms with E-state index in [0.29, 0.717) is 6.04 Å². The Morgan fingerprint density at radius 3 is 2.44 bits per heavy atom. The van der Waals surface area contributed by atoms with E-state index in [9.17, 15) is 0 Å². The summed E-state index contributed by atoms with van der Waals surface area (Å²) in [5.74, 6) is 1.71. The van der Waals surface area contributed by atoms with Crippen LogP contribution in [0.1, 0.15) is 31.9 Å². The van der Waals surface area contributed by atoms with E-state index in [1.807, 2.05) is 12.1 Å². The van der Waals surface area contributed by atoms with E-state index in [-0.39, 0.29) is 0 Å². The summed E-state index contributed by atoms with van der Waals surface area (Å²) < 4.78 is 10.6. The summed E-state index contributed by atoms with van der Waals surface area (Å²) in [5.41, 5.74) is 1.19. The van der Waals surface area contributed by atoms with Crippen molar-refractivity contribution in [1.29, 1.82) is 0 Å². The average molecular weight is 223 g/mol. The first-order chi connectivity index (χ1) is 7.76. The van der Waals surface area contributed by atoms with Crippen LogP contribution >= 0.6 is 0 Å². The number of benzene rings is 1. The number of hydrogen-bond acceptors (Lipinski definition) is 3. The van der Waals surface area contributed by atoms with Crippen molar-refractivity contribution in [3.05, 3.63) is 23.8 Å². The van der Waals surface area contributed by atoms with Crippen LogP contribution in [0, 0.1) is 0 Å². The first-order valence-electron chi connectivity index (χ1n) is 5.72. The fraction of sp³-hybridized carbons (Fsp3) is 0.538. The Morgan fingerprint density at radius 1 is 1.19 bits per heavy atom. The molecule has 1 N–H and O–H groups in total. The molecule has 0 fully saturated rings. The Labute approximate surface area is 97.8 Å². The lowest BCUT2D eigenvalue weighted by Crippen LogP contribution is -2.20. The molecule has 0 heterocycles. The van der Waals surface area contributed by atoms with Gasteiger partial charge in [0.2, 0.25) is 0 Å². The van der Waals surface area contributed by atoms with Crippen molar-refractivity contribution in [3.8, 4) is 11.5 Å². The van der Waals surface area contributed by atoms with Crippen molar-refractivity contribution in [3.63, 3.8) is 0 Å².